The lowest BCUT2D eigenvalue weighted by atomic mass is 9.49. The van der Waals surface area contributed by atoms with Crippen molar-refractivity contribution in [2.24, 2.45) is 23.2 Å². The first kappa shape index (κ1) is 17.8. The number of aryl methyl sites for hydroxylation is 1. The van der Waals surface area contributed by atoms with Crippen LogP contribution in [0.4, 0.5) is 4.39 Å². The van der Waals surface area contributed by atoms with E-state index in [1.165, 1.54) is 50.7 Å². The summed E-state index contributed by atoms with van der Waals surface area (Å²) in [7, 11) is 0. The molecule has 1 heterocycles. The predicted molar refractivity (Wildman–Crippen MR) is 102 cm³/mol. The molecule has 4 bridgehead atoms. The summed E-state index contributed by atoms with van der Waals surface area (Å²) >= 11 is 0. The molecular weight excluding hydrogens is 357 g/mol. The van der Waals surface area contributed by atoms with E-state index in [1.807, 2.05) is 0 Å². The maximum Gasteiger partial charge on any atom is 0.227 e. The molecule has 0 spiro atoms. The van der Waals surface area contributed by atoms with Gasteiger partial charge < -0.3 is 9.84 Å². The average Bonchev–Trinajstić information content (AvgIpc) is 3.13. The molecular formula is C22H26FN3O2. The number of benzene rings is 1. The Bertz CT molecular complexity index is 826. The van der Waals surface area contributed by atoms with Gasteiger partial charge >= 0.3 is 0 Å². The van der Waals surface area contributed by atoms with Crippen LogP contribution in [0, 0.1) is 29.0 Å². The Balaban J connectivity index is 1.13. The minimum Gasteiger partial charge on any atom is -0.356 e. The Morgan fingerprint density at radius 2 is 1.75 bits per heavy atom. The molecule has 0 unspecified atom stereocenters. The molecule has 28 heavy (non-hydrogen) atoms. The molecule has 6 heteroatoms. The third kappa shape index (κ3) is 3.56. The molecule has 0 saturated heterocycles. The number of nitrogens with one attached hydrogen (secondary N) is 1. The van der Waals surface area contributed by atoms with Crippen LogP contribution in [0.15, 0.2) is 28.8 Å². The third-order valence-corrected chi connectivity index (χ3v) is 6.96. The summed E-state index contributed by atoms with van der Waals surface area (Å²) in [5.41, 5.74) is 1.05. The van der Waals surface area contributed by atoms with Crippen molar-refractivity contribution in [2.45, 2.75) is 51.4 Å². The first-order chi connectivity index (χ1) is 13.6. The summed E-state index contributed by atoms with van der Waals surface area (Å²) in [5, 5.41) is 7.11. The highest BCUT2D eigenvalue weighted by molar-refractivity contribution is 5.76. The first-order valence-corrected chi connectivity index (χ1v) is 10.4. The van der Waals surface area contributed by atoms with Gasteiger partial charge in [0.05, 0.1) is 0 Å². The standard InChI is InChI=1S/C22H26FN3O2/c23-18-3-1-17(2-4-18)21-25-20(28-26-21)6-5-19(27)24-13-22-10-14-7-15(11-22)9-16(8-14)12-22/h1-4,14-16H,5-13H2,(H,24,27). The van der Waals surface area contributed by atoms with Gasteiger partial charge in [-0.1, -0.05) is 5.16 Å². The van der Waals surface area contributed by atoms with Gasteiger partial charge in [0, 0.05) is 24.9 Å². The molecule has 6 rings (SSSR count). The smallest absolute Gasteiger partial charge is 0.227 e. The normalized spacial score (nSPS) is 30.5. The van der Waals surface area contributed by atoms with E-state index in [4.69, 9.17) is 4.52 Å². The van der Waals surface area contributed by atoms with E-state index >= 15 is 0 Å². The maximum atomic E-state index is 13.0. The van der Waals surface area contributed by atoms with Gasteiger partial charge in [-0.25, -0.2) is 4.39 Å². The van der Waals surface area contributed by atoms with E-state index in [1.54, 1.807) is 12.1 Å². The van der Waals surface area contributed by atoms with Gasteiger partial charge in [-0.15, -0.1) is 0 Å². The zero-order valence-electron chi connectivity index (χ0n) is 16.0. The number of nitrogens with zero attached hydrogens (tertiary/aromatic N) is 2. The number of aromatic nitrogens is 2. The van der Waals surface area contributed by atoms with Crippen LogP contribution in [0.5, 0.6) is 0 Å². The van der Waals surface area contributed by atoms with Crippen LogP contribution < -0.4 is 5.32 Å². The molecule has 0 atom stereocenters. The molecule has 4 aliphatic carbocycles. The molecule has 0 radical (unpaired) electrons. The number of hydrogen-bond donors (Lipinski definition) is 1. The Kier molecular flexibility index (Phi) is 4.44. The number of halogens is 1. The highest BCUT2D eigenvalue weighted by atomic mass is 19.1. The summed E-state index contributed by atoms with van der Waals surface area (Å²) in [4.78, 5) is 16.7. The first-order valence-electron chi connectivity index (χ1n) is 10.4. The van der Waals surface area contributed by atoms with Gasteiger partial charge in [-0.05, 0) is 86.0 Å². The Hall–Kier alpha value is -2.24. The van der Waals surface area contributed by atoms with E-state index in [0.29, 0.717) is 35.5 Å². The Labute approximate surface area is 164 Å². The zero-order chi connectivity index (χ0) is 19.1. The van der Waals surface area contributed by atoms with Crippen molar-refractivity contribution >= 4 is 5.91 Å². The molecule has 1 N–H and O–H groups in total. The monoisotopic (exact) mass is 383 g/mol. The minimum absolute atomic E-state index is 0.0530. The van der Waals surface area contributed by atoms with Crippen molar-refractivity contribution in [1.29, 1.82) is 0 Å². The molecule has 4 fully saturated rings. The average molecular weight is 383 g/mol. The molecule has 4 aliphatic rings. The number of carbonyl (C=O) groups is 1. The van der Waals surface area contributed by atoms with Crippen LogP contribution in [0.2, 0.25) is 0 Å². The lowest BCUT2D eigenvalue weighted by molar-refractivity contribution is -0.123. The summed E-state index contributed by atoms with van der Waals surface area (Å²) in [6.07, 6.45) is 8.90. The largest absolute Gasteiger partial charge is 0.356 e. The topological polar surface area (TPSA) is 68.0 Å². The van der Waals surface area contributed by atoms with Gasteiger partial charge in [-0.3, -0.25) is 4.79 Å². The maximum absolute atomic E-state index is 13.0. The fraction of sp³-hybridized carbons (Fsp3) is 0.591. The minimum atomic E-state index is -0.303. The molecule has 148 valence electrons. The second-order valence-corrected chi connectivity index (χ2v) is 9.21. The Morgan fingerprint density at radius 1 is 1.11 bits per heavy atom. The van der Waals surface area contributed by atoms with Gasteiger partial charge in [0.25, 0.3) is 0 Å². The van der Waals surface area contributed by atoms with Crippen molar-refractivity contribution in [2.75, 3.05) is 6.54 Å². The van der Waals surface area contributed by atoms with E-state index in [2.05, 4.69) is 15.5 Å². The van der Waals surface area contributed by atoms with E-state index in [-0.39, 0.29) is 11.7 Å². The van der Waals surface area contributed by atoms with Crippen molar-refractivity contribution in [1.82, 2.24) is 15.5 Å². The number of hydrogen-bond acceptors (Lipinski definition) is 4. The van der Waals surface area contributed by atoms with E-state index in [0.717, 1.165) is 24.3 Å². The van der Waals surface area contributed by atoms with Crippen molar-refractivity contribution in [3.05, 3.63) is 36.0 Å². The quantitative estimate of drug-likeness (QED) is 0.814. The molecule has 2 aromatic rings. The Morgan fingerprint density at radius 3 is 2.39 bits per heavy atom. The molecule has 0 aliphatic heterocycles. The number of carbonyl (C=O) groups excluding carboxylic acids is 1. The van der Waals surface area contributed by atoms with Gasteiger partial charge in [0.1, 0.15) is 5.82 Å². The second-order valence-electron chi connectivity index (χ2n) is 9.21. The van der Waals surface area contributed by atoms with Gasteiger partial charge in [-0.2, -0.15) is 4.98 Å². The fourth-order valence-corrected chi connectivity index (χ4v) is 6.17. The highest BCUT2D eigenvalue weighted by Gasteiger charge is 2.50. The van der Waals surface area contributed by atoms with Crippen LogP contribution in [-0.4, -0.2) is 22.6 Å². The van der Waals surface area contributed by atoms with Crippen LogP contribution in [-0.2, 0) is 11.2 Å². The molecule has 4 saturated carbocycles. The number of rotatable bonds is 6. The molecule has 1 aromatic carbocycles. The SMILES string of the molecule is O=C(CCc1nc(-c2ccc(F)cc2)no1)NCC12CC3CC(CC(C3)C1)C2. The third-order valence-electron chi connectivity index (χ3n) is 6.96. The summed E-state index contributed by atoms with van der Waals surface area (Å²) in [6, 6.07) is 5.96. The molecule has 1 amide bonds. The van der Waals surface area contributed by atoms with Crippen LogP contribution >= 0.6 is 0 Å². The fourth-order valence-electron chi connectivity index (χ4n) is 6.17. The molecule has 5 nitrogen and oxygen atoms in total. The van der Waals surface area contributed by atoms with E-state index < -0.39 is 0 Å². The van der Waals surface area contributed by atoms with Gasteiger partial charge in [0.15, 0.2) is 0 Å². The van der Waals surface area contributed by atoms with Crippen molar-refractivity contribution in [3.8, 4) is 11.4 Å². The van der Waals surface area contributed by atoms with Crippen LogP contribution in [0.1, 0.15) is 50.8 Å². The van der Waals surface area contributed by atoms with Crippen LogP contribution in [0.25, 0.3) is 11.4 Å². The predicted octanol–water partition coefficient (Wildman–Crippen LogP) is 4.14. The van der Waals surface area contributed by atoms with Crippen LogP contribution in [0.3, 0.4) is 0 Å². The summed E-state index contributed by atoms with van der Waals surface area (Å²) in [5.74, 6) is 3.29. The van der Waals surface area contributed by atoms with Gasteiger partial charge in [0.2, 0.25) is 17.6 Å². The second kappa shape index (κ2) is 6.98. The zero-order valence-corrected chi connectivity index (χ0v) is 16.0. The lowest BCUT2D eigenvalue weighted by Crippen LogP contribution is -2.51. The summed E-state index contributed by atoms with van der Waals surface area (Å²) in [6.45, 7) is 0.819. The van der Waals surface area contributed by atoms with Crippen molar-refractivity contribution < 1.29 is 13.7 Å². The van der Waals surface area contributed by atoms with E-state index in [9.17, 15) is 9.18 Å². The van der Waals surface area contributed by atoms with Crippen molar-refractivity contribution in [3.63, 3.8) is 0 Å². The highest BCUT2D eigenvalue weighted by Crippen LogP contribution is 2.59. The number of amides is 1. The molecule has 1 aromatic heterocycles. The summed E-state index contributed by atoms with van der Waals surface area (Å²) < 4.78 is 18.3. The lowest BCUT2D eigenvalue weighted by Gasteiger charge is -2.56.